The van der Waals surface area contributed by atoms with Gasteiger partial charge in [0.05, 0.1) is 28.4 Å². The molecule has 1 fully saturated rings. The van der Waals surface area contributed by atoms with Crippen LogP contribution in [0.15, 0.2) is 30.3 Å². The van der Waals surface area contributed by atoms with Gasteiger partial charge in [0.25, 0.3) is 11.8 Å². The van der Waals surface area contributed by atoms with Gasteiger partial charge in [0.1, 0.15) is 0 Å². The van der Waals surface area contributed by atoms with Gasteiger partial charge < -0.3 is 9.47 Å². The third-order valence-electron chi connectivity index (χ3n) is 6.94. The Hall–Kier alpha value is -2.87. The molecule has 9 heteroatoms. The maximum absolute atomic E-state index is 13.7. The van der Waals surface area contributed by atoms with E-state index in [4.69, 9.17) is 37.7 Å². The largest absolute Gasteiger partial charge is 0.454 e. The summed E-state index contributed by atoms with van der Waals surface area (Å²) >= 11 is 12.7. The number of hydrogen-bond donors (Lipinski definition) is 0. The van der Waals surface area contributed by atoms with Gasteiger partial charge in [-0.15, -0.1) is 0 Å². The van der Waals surface area contributed by atoms with E-state index in [9.17, 15) is 9.59 Å². The predicted molar refractivity (Wildman–Crippen MR) is 133 cm³/mol. The molecule has 3 aliphatic heterocycles. The summed E-state index contributed by atoms with van der Waals surface area (Å²) in [5.74, 6) is 0.782. The van der Waals surface area contributed by atoms with Gasteiger partial charge in [0.2, 0.25) is 6.79 Å². The Labute approximate surface area is 212 Å². The molecule has 0 radical (unpaired) electrons. The summed E-state index contributed by atoms with van der Waals surface area (Å²) < 4.78 is 10.9. The van der Waals surface area contributed by atoms with Crippen LogP contribution in [0.4, 0.5) is 0 Å². The second-order valence-electron chi connectivity index (χ2n) is 9.52. The smallest absolute Gasteiger partial charge is 0.263 e. The lowest BCUT2D eigenvalue weighted by molar-refractivity contribution is 0.0588. The fourth-order valence-corrected chi connectivity index (χ4v) is 5.65. The molecule has 1 unspecified atom stereocenters. The lowest BCUT2D eigenvalue weighted by atomic mass is 9.97. The van der Waals surface area contributed by atoms with Gasteiger partial charge in [-0.1, -0.05) is 37.0 Å². The highest BCUT2D eigenvalue weighted by molar-refractivity contribution is 6.32. The maximum atomic E-state index is 13.7. The van der Waals surface area contributed by atoms with Crippen LogP contribution >= 0.6 is 23.2 Å². The van der Waals surface area contributed by atoms with Crippen LogP contribution in [0.5, 0.6) is 11.5 Å². The Balaban J connectivity index is 1.30. The molecule has 3 aliphatic rings. The number of rotatable bonds is 4. The number of amides is 2. The molecule has 2 aromatic carbocycles. The number of carbonyl (C=O) groups excluding carboxylic acids is 2. The van der Waals surface area contributed by atoms with Crippen molar-refractivity contribution in [2.45, 2.75) is 38.8 Å². The Bertz CT molecular complexity index is 1410. The predicted octanol–water partition coefficient (Wildman–Crippen LogP) is 5.26. The Kier molecular flexibility index (Phi) is 5.40. The monoisotopic (exact) mass is 511 g/mol. The number of imide groups is 1. The van der Waals surface area contributed by atoms with E-state index < -0.39 is 0 Å². The highest BCUT2D eigenvalue weighted by atomic mass is 35.5. The third kappa shape index (κ3) is 3.64. The number of hydrogen-bond acceptors (Lipinski definition) is 6. The van der Waals surface area contributed by atoms with E-state index >= 15 is 0 Å². The van der Waals surface area contributed by atoms with Crippen LogP contribution in [0.1, 0.15) is 58.2 Å². The SMILES string of the molecule is CC(C)c1nc2ccc(Cl)cc2c2c1C(=O)N(C1CCN(Cc3cc4c(cc3Cl)OCO4)C1)C2=O. The van der Waals surface area contributed by atoms with E-state index in [-0.39, 0.29) is 30.6 Å². The molecule has 180 valence electrons. The van der Waals surface area contributed by atoms with E-state index in [0.29, 0.717) is 68.8 Å². The second-order valence-corrected chi connectivity index (χ2v) is 10.4. The van der Waals surface area contributed by atoms with Crippen LogP contribution in [-0.4, -0.2) is 52.5 Å². The first-order valence-corrected chi connectivity index (χ1v) is 12.4. The third-order valence-corrected chi connectivity index (χ3v) is 7.52. The average molecular weight is 512 g/mol. The summed E-state index contributed by atoms with van der Waals surface area (Å²) in [5, 5.41) is 1.74. The molecule has 3 aromatic rings. The topological polar surface area (TPSA) is 72.0 Å². The minimum Gasteiger partial charge on any atom is -0.454 e. The number of likely N-dealkylation sites (tertiary alicyclic amines) is 1. The van der Waals surface area contributed by atoms with Gasteiger partial charge in [-0.3, -0.25) is 24.4 Å². The summed E-state index contributed by atoms with van der Waals surface area (Å²) in [6, 6.07) is 8.72. The van der Waals surface area contributed by atoms with Crippen molar-refractivity contribution in [1.29, 1.82) is 0 Å². The van der Waals surface area contributed by atoms with Crippen LogP contribution in [0.25, 0.3) is 10.9 Å². The Morgan fingerprint density at radius 1 is 1.06 bits per heavy atom. The summed E-state index contributed by atoms with van der Waals surface area (Å²) in [6.07, 6.45) is 0.691. The van der Waals surface area contributed by atoms with E-state index in [1.54, 1.807) is 24.3 Å². The number of aromatic nitrogens is 1. The van der Waals surface area contributed by atoms with Crippen LogP contribution < -0.4 is 9.47 Å². The maximum Gasteiger partial charge on any atom is 0.263 e. The Morgan fingerprint density at radius 2 is 1.80 bits per heavy atom. The van der Waals surface area contributed by atoms with Gasteiger partial charge in [-0.05, 0) is 42.2 Å². The van der Waals surface area contributed by atoms with Gasteiger partial charge >= 0.3 is 0 Å². The van der Waals surface area contributed by atoms with Crippen LogP contribution in [-0.2, 0) is 6.54 Å². The minimum absolute atomic E-state index is 0.00578. The number of fused-ring (bicyclic) bond motifs is 4. The highest BCUT2D eigenvalue weighted by Crippen LogP contribution is 2.39. The second kappa shape index (κ2) is 8.36. The quantitative estimate of drug-likeness (QED) is 0.444. The normalized spacial score (nSPS) is 19.5. The molecular formula is C26H23Cl2N3O4. The minimum atomic E-state index is -0.269. The highest BCUT2D eigenvalue weighted by Gasteiger charge is 2.45. The van der Waals surface area contributed by atoms with Gasteiger partial charge in [-0.2, -0.15) is 0 Å². The molecule has 6 rings (SSSR count). The number of carbonyl (C=O) groups is 2. The molecule has 35 heavy (non-hydrogen) atoms. The molecule has 0 spiro atoms. The van der Waals surface area contributed by atoms with Crippen molar-refractivity contribution in [2.75, 3.05) is 19.9 Å². The first kappa shape index (κ1) is 22.6. The van der Waals surface area contributed by atoms with Crippen molar-refractivity contribution in [3.63, 3.8) is 0 Å². The average Bonchev–Trinajstić information content (AvgIpc) is 3.52. The van der Waals surface area contributed by atoms with Crippen LogP contribution in [0.2, 0.25) is 10.0 Å². The molecule has 0 saturated carbocycles. The molecule has 1 saturated heterocycles. The Morgan fingerprint density at radius 3 is 2.57 bits per heavy atom. The van der Waals surface area contributed by atoms with Crippen molar-refractivity contribution in [3.8, 4) is 11.5 Å². The van der Waals surface area contributed by atoms with Gasteiger partial charge in [0.15, 0.2) is 11.5 Å². The van der Waals surface area contributed by atoms with Gasteiger partial charge in [0, 0.05) is 41.1 Å². The summed E-state index contributed by atoms with van der Waals surface area (Å²) in [6.45, 7) is 6.05. The molecule has 0 aliphatic carbocycles. The van der Waals surface area contributed by atoms with Crippen molar-refractivity contribution >= 4 is 45.9 Å². The molecule has 1 aromatic heterocycles. The number of benzene rings is 2. The van der Waals surface area contributed by atoms with E-state index in [1.807, 2.05) is 19.9 Å². The first-order valence-electron chi connectivity index (χ1n) is 11.6. The van der Waals surface area contributed by atoms with Crippen molar-refractivity contribution in [1.82, 2.24) is 14.8 Å². The molecule has 4 heterocycles. The van der Waals surface area contributed by atoms with Crippen molar-refractivity contribution < 1.29 is 19.1 Å². The molecule has 2 amide bonds. The summed E-state index contributed by atoms with van der Waals surface area (Å²) in [7, 11) is 0. The molecule has 1 atom stereocenters. The lowest BCUT2D eigenvalue weighted by Gasteiger charge is -2.23. The number of halogens is 2. The van der Waals surface area contributed by atoms with E-state index in [1.165, 1.54) is 4.90 Å². The van der Waals surface area contributed by atoms with Gasteiger partial charge in [-0.25, -0.2) is 0 Å². The number of nitrogens with zero attached hydrogens (tertiary/aromatic N) is 3. The molecule has 7 nitrogen and oxygen atoms in total. The number of ether oxygens (including phenoxy) is 2. The van der Waals surface area contributed by atoms with Crippen molar-refractivity contribution in [2.24, 2.45) is 0 Å². The van der Waals surface area contributed by atoms with E-state index in [2.05, 4.69) is 4.90 Å². The zero-order valence-corrected chi connectivity index (χ0v) is 20.8. The lowest BCUT2D eigenvalue weighted by Crippen LogP contribution is -2.41. The molecule has 0 N–H and O–H groups in total. The zero-order valence-electron chi connectivity index (χ0n) is 19.3. The van der Waals surface area contributed by atoms with Crippen molar-refractivity contribution in [3.05, 3.63) is 62.8 Å². The number of pyridine rings is 1. The summed E-state index contributed by atoms with van der Waals surface area (Å²) in [4.78, 5) is 35.7. The first-order chi connectivity index (χ1) is 16.8. The van der Waals surface area contributed by atoms with E-state index in [0.717, 1.165) is 12.1 Å². The van der Waals surface area contributed by atoms with Crippen LogP contribution in [0, 0.1) is 0 Å². The molecular weight excluding hydrogens is 489 g/mol. The van der Waals surface area contributed by atoms with Crippen LogP contribution in [0.3, 0.4) is 0 Å². The fraction of sp³-hybridized carbons (Fsp3) is 0.346. The standard InChI is InChI=1S/C26H23Cl2N3O4/c1-13(2)24-23-22(17-8-15(27)3-4-19(17)29-24)25(32)31(26(23)33)16-5-6-30(11-16)10-14-7-20-21(9-18(14)28)35-12-34-20/h3-4,7-9,13,16H,5-6,10-12H2,1-2H3. The molecule has 0 bridgehead atoms. The zero-order chi connectivity index (χ0) is 24.4. The summed E-state index contributed by atoms with van der Waals surface area (Å²) in [5.41, 5.74) is 3.08. The fourth-order valence-electron chi connectivity index (χ4n) is 5.26.